The van der Waals surface area contributed by atoms with Crippen LogP contribution in [0.2, 0.25) is 0 Å². The Balaban J connectivity index is 1.92. The zero-order chi connectivity index (χ0) is 20.9. The van der Waals surface area contributed by atoms with Crippen LogP contribution in [0.15, 0.2) is 94.7 Å². The normalized spacial score (nSPS) is 12.1. The van der Waals surface area contributed by atoms with Crippen molar-refractivity contribution in [3.05, 3.63) is 84.9 Å². The van der Waals surface area contributed by atoms with Gasteiger partial charge in [0.15, 0.2) is 0 Å². The SMILES string of the molecule is COc1cccc2c1-c1c3c(OC)cccc3[n+](-c3ccccc3)c3cccc(c13)S2. The third kappa shape index (κ3) is 2.58. The average Bonchev–Trinajstić information content (AvgIpc) is 2.83. The van der Waals surface area contributed by atoms with Crippen LogP contribution in [0.25, 0.3) is 38.6 Å². The number of ether oxygens (including phenoxy) is 2. The minimum atomic E-state index is 0.859. The molecule has 4 aromatic carbocycles. The van der Waals surface area contributed by atoms with Gasteiger partial charge in [0.05, 0.1) is 25.0 Å². The lowest BCUT2D eigenvalue weighted by atomic mass is 9.93. The van der Waals surface area contributed by atoms with Gasteiger partial charge in [-0.3, -0.25) is 0 Å². The summed E-state index contributed by atoms with van der Waals surface area (Å²) in [5, 5.41) is 2.32. The molecule has 0 saturated carbocycles. The zero-order valence-electron chi connectivity index (χ0n) is 17.3. The molecule has 1 aliphatic rings. The summed E-state index contributed by atoms with van der Waals surface area (Å²) in [6.07, 6.45) is 0. The van der Waals surface area contributed by atoms with Gasteiger partial charge in [-0.1, -0.05) is 48.2 Å². The highest BCUT2D eigenvalue weighted by atomic mass is 32.2. The summed E-state index contributed by atoms with van der Waals surface area (Å²) in [6.45, 7) is 0. The number of pyridine rings is 1. The van der Waals surface area contributed by atoms with Crippen LogP contribution in [0.3, 0.4) is 0 Å². The predicted octanol–water partition coefficient (Wildman–Crippen LogP) is 6.42. The van der Waals surface area contributed by atoms with Crippen molar-refractivity contribution in [3.63, 3.8) is 0 Å². The van der Waals surface area contributed by atoms with E-state index in [2.05, 4.69) is 77.4 Å². The van der Waals surface area contributed by atoms with E-state index in [1.54, 1.807) is 26.0 Å². The second-order valence-corrected chi connectivity index (χ2v) is 8.57. The third-order valence-corrected chi connectivity index (χ3v) is 7.02. The fourth-order valence-corrected chi connectivity index (χ4v) is 5.80. The molecule has 4 heteroatoms. The molecule has 0 fully saturated rings. The topological polar surface area (TPSA) is 22.3 Å². The monoisotopic (exact) mass is 422 g/mol. The number of nitrogens with zero attached hydrogens (tertiary/aromatic N) is 1. The number of hydrogen-bond donors (Lipinski definition) is 0. The summed E-state index contributed by atoms with van der Waals surface area (Å²) in [6, 6.07) is 29.6. The molecule has 3 nitrogen and oxygen atoms in total. The first-order valence-corrected chi connectivity index (χ1v) is 11.0. The summed E-state index contributed by atoms with van der Waals surface area (Å²) < 4.78 is 14.1. The second-order valence-electron chi connectivity index (χ2n) is 7.49. The van der Waals surface area contributed by atoms with Crippen molar-refractivity contribution in [2.24, 2.45) is 0 Å². The van der Waals surface area contributed by atoms with Crippen LogP contribution >= 0.6 is 11.8 Å². The van der Waals surface area contributed by atoms with Crippen LogP contribution in [0.5, 0.6) is 11.5 Å². The van der Waals surface area contributed by atoms with Crippen molar-refractivity contribution in [1.29, 1.82) is 0 Å². The van der Waals surface area contributed by atoms with Gasteiger partial charge in [0.25, 0.3) is 0 Å². The largest absolute Gasteiger partial charge is 0.496 e. The smallest absolute Gasteiger partial charge is 0.223 e. The van der Waals surface area contributed by atoms with Crippen molar-refractivity contribution in [3.8, 4) is 28.3 Å². The van der Waals surface area contributed by atoms with Crippen LogP contribution in [-0.2, 0) is 0 Å². The van der Waals surface area contributed by atoms with E-state index in [1.165, 1.54) is 26.3 Å². The Hall–Kier alpha value is -3.50. The number of benzene rings is 4. The summed E-state index contributed by atoms with van der Waals surface area (Å²) >= 11 is 1.80. The molecule has 0 unspecified atom stereocenters. The molecule has 0 spiro atoms. The zero-order valence-corrected chi connectivity index (χ0v) is 18.1. The van der Waals surface area contributed by atoms with Crippen molar-refractivity contribution in [2.75, 3.05) is 14.2 Å². The molecule has 2 heterocycles. The molecular weight excluding hydrogens is 402 g/mol. The maximum atomic E-state index is 5.90. The molecule has 1 aliphatic heterocycles. The fraction of sp³-hybridized carbons (Fsp3) is 0.0741. The number of aromatic nitrogens is 1. The van der Waals surface area contributed by atoms with E-state index in [0.717, 1.165) is 33.7 Å². The Morgan fingerprint density at radius 1 is 0.581 bits per heavy atom. The molecule has 1 aromatic heterocycles. The highest BCUT2D eigenvalue weighted by Crippen LogP contribution is 2.54. The maximum absolute atomic E-state index is 5.90. The van der Waals surface area contributed by atoms with E-state index in [4.69, 9.17) is 9.47 Å². The van der Waals surface area contributed by atoms with E-state index < -0.39 is 0 Å². The summed E-state index contributed by atoms with van der Waals surface area (Å²) in [5.74, 6) is 1.74. The molecule has 6 rings (SSSR count). The van der Waals surface area contributed by atoms with Crippen LogP contribution in [0.1, 0.15) is 0 Å². The number of methoxy groups -OCH3 is 2. The van der Waals surface area contributed by atoms with E-state index in [-0.39, 0.29) is 0 Å². The fourth-order valence-electron chi connectivity index (χ4n) is 4.66. The van der Waals surface area contributed by atoms with Crippen molar-refractivity contribution < 1.29 is 14.0 Å². The summed E-state index contributed by atoms with van der Waals surface area (Å²) in [4.78, 5) is 2.44. The van der Waals surface area contributed by atoms with E-state index in [0.29, 0.717) is 0 Å². The highest BCUT2D eigenvalue weighted by Gasteiger charge is 2.32. The Bertz CT molecular complexity index is 1480. The molecule has 150 valence electrons. The van der Waals surface area contributed by atoms with Crippen molar-refractivity contribution >= 4 is 33.6 Å². The quantitative estimate of drug-likeness (QED) is 0.243. The van der Waals surface area contributed by atoms with Gasteiger partial charge in [-0.15, -0.1) is 0 Å². The Morgan fingerprint density at radius 2 is 1.23 bits per heavy atom. The minimum Gasteiger partial charge on any atom is -0.496 e. The number of rotatable bonds is 3. The first kappa shape index (κ1) is 18.3. The number of fused-ring (bicyclic) bond motifs is 4. The van der Waals surface area contributed by atoms with Crippen LogP contribution in [-0.4, -0.2) is 14.2 Å². The van der Waals surface area contributed by atoms with Gasteiger partial charge in [-0.25, -0.2) is 0 Å². The molecule has 0 atom stereocenters. The lowest BCUT2D eigenvalue weighted by Crippen LogP contribution is -2.33. The standard InChI is InChI=1S/C27H20NO2S/c1-29-20-13-6-11-18-24(20)27-25-19(28(18)17-9-4-3-5-10-17)12-7-15-22(25)31-23-16-8-14-21(30-2)26(23)27/h3-16H,1-2H3/q+1. The van der Waals surface area contributed by atoms with E-state index in [9.17, 15) is 0 Å². The Labute approximate surface area is 184 Å². The molecule has 0 saturated heterocycles. The van der Waals surface area contributed by atoms with Gasteiger partial charge in [-0.05, 0) is 24.3 Å². The average molecular weight is 423 g/mol. The summed E-state index contributed by atoms with van der Waals surface area (Å²) in [7, 11) is 3.48. The second kappa shape index (κ2) is 7.03. The lowest BCUT2D eigenvalue weighted by molar-refractivity contribution is -0.538. The highest BCUT2D eigenvalue weighted by molar-refractivity contribution is 7.99. The number of para-hydroxylation sites is 1. The predicted molar refractivity (Wildman–Crippen MR) is 126 cm³/mol. The van der Waals surface area contributed by atoms with E-state index in [1.807, 2.05) is 12.1 Å². The Kier molecular flexibility index (Phi) is 4.15. The van der Waals surface area contributed by atoms with Crippen molar-refractivity contribution in [1.82, 2.24) is 0 Å². The molecule has 0 N–H and O–H groups in total. The molecular formula is C27H20NO2S+. The maximum Gasteiger partial charge on any atom is 0.223 e. The summed E-state index contributed by atoms with van der Waals surface area (Å²) in [5.41, 5.74) is 5.71. The Morgan fingerprint density at radius 3 is 2.00 bits per heavy atom. The van der Waals surface area contributed by atoms with Crippen LogP contribution in [0, 0.1) is 0 Å². The third-order valence-electron chi connectivity index (χ3n) is 5.90. The van der Waals surface area contributed by atoms with E-state index >= 15 is 0 Å². The van der Waals surface area contributed by atoms with Gasteiger partial charge >= 0.3 is 0 Å². The molecule has 0 aliphatic carbocycles. The number of hydrogen-bond acceptors (Lipinski definition) is 3. The molecule has 5 aromatic rings. The van der Waals surface area contributed by atoms with Gasteiger partial charge < -0.3 is 9.47 Å². The van der Waals surface area contributed by atoms with Gasteiger partial charge in [-0.2, -0.15) is 4.57 Å². The molecule has 0 amide bonds. The van der Waals surface area contributed by atoms with Gasteiger partial charge in [0.2, 0.25) is 16.7 Å². The van der Waals surface area contributed by atoms with Crippen molar-refractivity contribution in [2.45, 2.75) is 9.79 Å². The first-order chi connectivity index (χ1) is 15.3. The van der Waals surface area contributed by atoms with Gasteiger partial charge in [0, 0.05) is 45.2 Å². The minimum absolute atomic E-state index is 0.859. The van der Waals surface area contributed by atoms with Gasteiger partial charge in [0.1, 0.15) is 11.5 Å². The van der Waals surface area contributed by atoms with Crippen LogP contribution in [0.4, 0.5) is 0 Å². The molecule has 0 bridgehead atoms. The first-order valence-electron chi connectivity index (χ1n) is 10.2. The lowest BCUT2D eigenvalue weighted by Gasteiger charge is -2.23. The van der Waals surface area contributed by atoms with Crippen LogP contribution < -0.4 is 14.0 Å². The molecule has 31 heavy (non-hydrogen) atoms. The molecule has 0 radical (unpaired) electrons.